The van der Waals surface area contributed by atoms with Crippen molar-refractivity contribution in [1.29, 1.82) is 0 Å². The largest absolute Gasteiger partial charge is 0.373 e. The molecule has 1 aromatic carbocycles. The Kier molecular flexibility index (Phi) is 5.66. The number of hydrogen-bond donors (Lipinski definition) is 1. The maximum absolute atomic E-state index is 13.0. The predicted molar refractivity (Wildman–Crippen MR) is 105 cm³/mol. The number of hydrogen-bond acceptors (Lipinski definition) is 4. The lowest BCUT2D eigenvalue weighted by Crippen LogP contribution is -2.36. The van der Waals surface area contributed by atoms with Crippen LogP contribution in [0.5, 0.6) is 0 Å². The normalized spacial score (nSPS) is 16.1. The average molecular weight is 350 g/mol. The number of aromatic nitrogens is 2. The standard InChI is InChI=1S/C21H26N4O/c1-4-5-10-18-11-7-12-25(18)21(26)17-9-6-8-16(14-17)20-23-15(2)13-19(22-3)24-20/h6-9,11,13-14,18H,4-5,10,12H2,1-3H3,(H,22,23,24)/t18-/m1/s1. The van der Waals surface area contributed by atoms with Crippen molar-refractivity contribution in [3.8, 4) is 11.4 Å². The Morgan fingerprint density at radius 1 is 1.31 bits per heavy atom. The highest BCUT2D eigenvalue weighted by atomic mass is 16.2. The molecule has 3 rings (SSSR count). The molecule has 0 fully saturated rings. The fourth-order valence-electron chi connectivity index (χ4n) is 3.25. The van der Waals surface area contributed by atoms with Crippen LogP contribution in [-0.4, -0.2) is 40.4 Å². The lowest BCUT2D eigenvalue weighted by atomic mass is 10.1. The third-order valence-electron chi connectivity index (χ3n) is 4.65. The molecule has 1 aromatic heterocycles. The van der Waals surface area contributed by atoms with Gasteiger partial charge < -0.3 is 10.2 Å². The van der Waals surface area contributed by atoms with Gasteiger partial charge in [0.15, 0.2) is 5.82 Å². The monoisotopic (exact) mass is 350 g/mol. The van der Waals surface area contributed by atoms with Crippen LogP contribution < -0.4 is 5.32 Å². The van der Waals surface area contributed by atoms with Gasteiger partial charge in [0.25, 0.3) is 5.91 Å². The van der Waals surface area contributed by atoms with Crippen molar-refractivity contribution in [2.75, 3.05) is 18.9 Å². The second-order valence-corrected chi connectivity index (χ2v) is 6.64. The molecule has 1 amide bonds. The highest BCUT2D eigenvalue weighted by Crippen LogP contribution is 2.23. The van der Waals surface area contributed by atoms with Gasteiger partial charge >= 0.3 is 0 Å². The number of aryl methyl sites for hydroxylation is 1. The number of rotatable bonds is 6. The molecule has 1 atom stereocenters. The second-order valence-electron chi connectivity index (χ2n) is 6.64. The Bertz CT molecular complexity index is 815. The summed E-state index contributed by atoms with van der Waals surface area (Å²) in [5.41, 5.74) is 2.43. The highest BCUT2D eigenvalue weighted by molar-refractivity contribution is 5.96. The Balaban J connectivity index is 1.85. The van der Waals surface area contributed by atoms with Crippen LogP contribution >= 0.6 is 0 Å². The molecule has 0 spiro atoms. The zero-order valence-electron chi connectivity index (χ0n) is 15.7. The molecule has 1 aliphatic heterocycles. The maximum atomic E-state index is 13.0. The molecule has 5 heteroatoms. The van der Waals surface area contributed by atoms with Crippen molar-refractivity contribution >= 4 is 11.7 Å². The molecule has 0 bridgehead atoms. The highest BCUT2D eigenvalue weighted by Gasteiger charge is 2.25. The van der Waals surface area contributed by atoms with Gasteiger partial charge in [0.1, 0.15) is 5.82 Å². The third kappa shape index (κ3) is 3.93. The van der Waals surface area contributed by atoms with Crippen LogP contribution in [-0.2, 0) is 0 Å². The second kappa shape index (κ2) is 8.13. The van der Waals surface area contributed by atoms with Gasteiger partial charge in [-0.2, -0.15) is 0 Å². The van der Waals surface area contributed by atoms with E-state index in [0.717, 1.165) is 36.3 Å². The van der Waals surface area contributed by atoms with E-state index >= 15 is 0 Å². The third-order valence-corrected chi connectivity index (χ3v) is 4.65. The number of nitrogens with zero attached hydrogens (tertiary/aromatic N) is 3. The molecule has 1 N–H and O–H groups in total. The van der Waals surface area contributed by atoms with Gasteiger partial charge in [0.2, 0.25) is 0 Å². The van der Waals surface area contributed by atoms with E-state index in [1.54, 1.807) is 0 Å². The molecular weight excluding hydrogens is 324 g/mol. The minimum atomic E-state index is 0.0689. The topological polar surface area (TPSA) is 58.1 Å². The minimum Gasteiger partial charge on any atom is -0.373 e. The van der Waals surface area contributed by atoms with Crippen LogP contribution in [0, 0.1) is 6.92 Å². The Morgan fingerprint density at radius 2 is 2.15 bits per heavy atom. The lowest BCUT2D eigenvalue weighted by Gasteiger charge is -2.24. The lowest BCUT2D eigenvalue weighted by molar-refractivity contribution is 0.0743. The smallest absolute Gasteiger partial charge is 0.254 e. The number of nitrogens with one attached hydrogen (secondary N) is 1. The summed E-state index contributed by atoms with van der Waals surface area (Å²) in [6.45, 7) is 4.80. The van der Waals surface area contributed by atoms with Gasteiger partial charge in [-0.1, -0.05) is 44.1 Å². The molecule has 0 saturated carbocycles. The van der Waals surface area contributed by atoms with E-state index in [4.69, 9.17) is 0 Å². The summed E-state index contributed by atoms with van der Waals surface area (Å²) < 4.78 is 0. The summed E-state index contributed by atoms with van der Waals surface area (Å²) in [4.78, 5) is 24.0. The number of amides is 1. The van der Waals surface area contributed by atoms with Crippen molar-refractivity contribution in [1.82, 2.24) is 14.9 Å². The van der Waals surface area contributed by atoms with E-state index in [-0.39, 0.29) is 11.9 Å². The zero-order valence-corrected chi connectivity index (χ0v) is 15.7. The Morgan fingerprint density at radius 3 is 2.92 bits per heavy atom. The number of benzene rings is 1. The van der Waals surface area contributed by atoms with Crippen molar-refractivity contribution < 1.29 is 4.79 Å². The van der Waals surface area contributed by atoms with Crippen molar-refractivity contribution in [2.24, 2.45) is 0 Å². The van der Waals surface area contributed by atoms with Crippen LogP contribution in [0.1, 0.15) is 42.2 Å². The molecule has 0 unspecified atom stereocenters. The van der Waals surface area contributed by atoms with Gasteiger partial charge in [0.05, 0.1) is 6.04 Å². The van der Waals surface area contributed by atoms with E-state index in [9.17, 15) is 4.79 Å². The first-order chi connectivity index (χ1) is 12.6. The summed E-state index contributed by atoms with van der Waals surface area (Å²) in [5, 5.41) is 3.05. The van der Waals surface area contributed by atoms with Crippen molar-refractivity contribution in [2.45, 2.75) is 39.2 Å². The van der Waals surface area contributed by atoms with Crippen LogP contribution in [0.15, 0.2) is 42.5 Å². The number of carbonyl (C=O) groups is 1. The summed E-state index contributed by atoms with van der Waals surface area (Å²) in [6, 6.07) is 9.71. The van der Waals surface area contributed by atoms with Gasteiger partial charge in [-0.15, -0.1) is 0 Å². The zero-order chi connectivity index (χ0) is 18.5. The van der Waals surface area contributed by atoms with Gasteiger partial charge in [-0.25, -0.2) is 9.97 Å². The molecule has 1 aliphatic rings. The molecule has 0 aliphatic carbocycles. The molecular formula is C21H26N4O. The van der Waals surface area contributed by atoms with Crippen molar-refractivity contribution in [3.63, 3.8) is 0 Å². The minimum absolute atomic E-state index is 0.0689. The summed E-state index contributed by atoms with van der Waals surface area (Å²) >= 11 is 0. The predicted octanol–water partition coefficient (Wildman–Crippen LogP) is 4.06. The van der Waals surface area contributed by atoms with Gasteiger partial charge in [-0.3, -0.25) is 4.79 Å². The van der Waals surface area contributed by atoms with Crippen LogP contribution in [0.3, 0.4) is 0 Å². The molecule has 0 radical (unpaired) electrons. The maximum Gasteiger partial charge on any atom is 0.254 e. The average Bonchev–Trinajstić information content (AvgIpc) is 3.13. The number of unbranched alkanes of at least 4 members (excludes halogenated alkanes) is 1. The van der Waals surface area contributed by atoms with Gasteiger partial charge in [-0.05, 0) is 25.5 Å². The fraction of sp³-hybridized carbons (Fsp3) is 0.381. The van der Waals surface area contributed by atoms with Crippen molar-refractivity contribution in [3.05, 3.63) is 53.7 Å². The van der Waals surface area contributed by atoms with Crippen LogP contribution in [0.25, 0.3) is 11.4 Å². The number of anilines is 1. The summed E-state index contributed by atoms with van der Waals surface area (Å²) in [5.74, 6) is 1.47. The van der Waals surface area contributed by atoms with E-state index in [1.165, 1.54) is 0 Å². The molecule has 26 heavy (non-hydrogen) atoms. The molecule has 0 saturated heterocycles. The molecule has 5 nitrogen and oxygen atoms in total. The fourth-order valence-corrected chi connectivity index (χ4v) is 3.25. The quantitative estimate of drug-likeness (QED) is 0.798. The first-order valence-corrected chi connectivity index (χ1v) is 9.24. The van der Waals surface area contributed by atoms with E-state index in [2.05, 4.69) is 34.4 Å². The van der Waals surface area contributed by atoms with E-state index in [1.807, 2.05) is 49.2 Å². The first kappa shape index (κ1) is 18.1. The van der Waals surface area contributed by atoms with Crippen LogP contribution in [0.4, 0.5) is 5.82 Å². The molecule has 2 aromatic rings. The Hall–Kier alpha value is -2.69. The van der Waals surface area contributed by atoms with E-state index in [0.29, 0.717) is 17.9 Å². The molecule has 136 valence electrons. The molecule has 2 heterocycles. The van der Waals surface area contributed by atoms with Gasteiger partial charge in [0, 0.05) is 36.5 Å². The number of carbonyl (C=O) groups excluding carboxylic acids is 1. The van der Waals surface area contributed by atoms with E-state index < -0.39 is 0 Å². The Labute approximate surface area is 155 Å². The summed E-state index contributed by atoms with van der Waals surface area (Å²) in [7, 11) is 1.84. The van der Waals surface area contributed by atoms with Crippen LogP contribution in [0.2, 0.25) is 0 Å². The first-order valence-electron chi connectivity index (χ1n) is 9.24. The SMILES string of the molecule is CCCC[C@@H]1C=CCN1C(=O)c1cccc(-c2nc(C)cc(NC)n2)c1. The summed E-state index contributed by atoms with van der Waals surface area (Å²) in [6.07, 6.45) is 7.53.